The zero-order chi connectivity index (χ0) is 12.8. The lowest BCUT2D eigenvalue weighted by Crippen LogP contribution is -2.28. The van der Waals surface area contributed by atoms with E-state index in [1.54, 1.807) is 19.9 Å². The second kappa shape index (κ2) is 6.05. The van der Waals surface area contributed by atoms with E-state index < -0.39 is 5.97 Å². The van der Waals surface area contributed by atoms with Crippen LogP contribution in [0, 0.1) is 13.8 Å². The molecule has 0 aliphatic heterocycles. The first kappa shape index (κ1) is 13.2. The average Bonchev–Trinajstić information content (AvgIpc) is 2.56. The number of carbonyl (C=O) groups excluding carboxylic acids is 1. The Morgan fingerprint density at radius 2 is 2.18 bits per heavy atom. The van der Waals surface area contributed by atoms with E-state index in [0.717, 1.165) is 0 Å². The first-order valence-electron chi connectivity index (χ1n) is 5.15. The van der Waals surface area contributed by atoms with Gasteiger partial charge in [-0.25, -0.2) is 4.79 Å². The summed E-state index contributed by atoms with van der Waals surface area (Å²) in [7, 11) is 0. The van der Waals surface area contributed by atoms with Crippen LogP contribution < -0.4 is 5.32 Å². The van der Waals surface area contributed by atoms with E-state index in [1.807, 2.05) is 0 Å². The Hall–Kier alpha value is -1.82. The molecule has 1 amide bonds. The highest BCUT2D eigenvalue weighted by molar-refractivity contribution is 5.95. The van der Waals surface area contributed by atoms with Crippen molar-refractivity contribution in [2.75, 3.05) is 19.8 Å². The summed E-state index contributed by atoms with van der Waals surface area (Å²) >= 11 is 0. The molecule has 1 aromatic rings. The molecule has 0 atom stereocenters. The molecular formula is C11H15NO5. The van der Waals surface area contributed by atoms with Gasteiger partial charge >= 0.3 is 5.97 Å². The summed E-state index contributed by atoms with van der Waals surface area (Å²) in [6.07, 6.45) is 0. The number of carbonyl (C=O) groups is 2. The van der Waals surface area contributed by atoms with E-state index in [1.165, 1.54) is 0 Å². The lowest BCUT2D eigenvalue weighted by Gasteiger charge is -2.04. The Bertz CT molecular complexity index is 410. The molecule has 0 aliphatic carbocycles. The monoisotopic (exact) mass is 241 g/mol. The molecule has 0 aliphatic rings. The van der Waals surface area contributed by atoms with Crippen LogP contribution in [0.3, 0.4) is 0 Å². The molecule has 0 saturated heterocycles. The van der Waals surface area contributed by atoms with Crippen molar-refractivity contribution in [3.8, 4) is 0 Å². The lowest BCUT2D eigenvalue weighted by molar-refractivity contribution is -0.142. The normalized spacial score (nSPS) is 10.2. The maximum absolute atomic E-state index is 11.6. The summed E-state index contributed by atoms with van der Waals surface area (Å²) in [6, 6.07) is 1.66. The van der Waals surface area contributed by atoms with Crippen LogP contribution in [-0.2, 0) is 9.53 Å². The van der Waals surface area contributed by atoms with Crippen LogP contribution >= 0.6 is 0 Å². The number of aryl methyl sites for hydroxylation is 2. The molecule has 0 unspecified atom stereocenters. The number of ether oxygens (including phenoxy) is 1. The van der Waals surface area contributed by atoms with Gasteiger partial charge in [0.1, 0.15) is 18.1 Å². The van der Waals surface area contributed by atoms with Gasteiger partial charge in [-0.3, -0.25) is 4.79 Å². The first-order valence-corrected chi connectivity index (χ1v) is 5.15. The minimum atomic E-state index is -1.03. The molecule has 1 rings (SSSR count). The molecule has 0 fully saturated rings. The minimum Gasteiger partial charge on any atom is -0.480 e. The molecule has 0 radical (unpaired) electrons. The predicted molar refractivity (Wildman–Crippen MR) is 59.0 cm³/mol. The molecule has 0 saturated carbocycles. The Morgan fingerprint density at radius 3 is 2.71 bits per heavy atom. The summed E-state index contributed by atoms with van der Waals surface area (Å²) in [5.74, 6) is -0.0443. The zero-order valence-electron chi connectivity index (χ0n) is 9.78. The smallest absolute Gasteiger partial charge is 0.329 e. The van der Waals surface area contributed by atoms with Gasteiger partial charge in [0.05, 0.1) is 12.2 Å². The molecular weight excluding hydrogens is 226 g/mol. The van der Waals surface area contributed by atoms with E-state index in [9.17, 15) is 9.59 Å². The second-order valence-corrected chi connectivity index (χ2v) is 3.53. The number of furan rings is 1. The van der Waals surface area contributed by atoms with Crippen LogP contribution in [0.5, 0.6) is 0 Å². The van der Waals surface area contributed by atoms with E-state index >= 15 is 0 Å². The Labute approximate surface area is 98.6 Å². The Morgan fingerprint density at radius 1 is 1.47 bits per heavy atom. The van der Waals surface area contributed by atoms with Gasteiger partial charge in [-0.1, -0.05) is 0 Å². The van der Waals surface area contributed by atoms with E-state index in [2.05, 4.69) is 5.32 Å². The molecule has 1 heterocycles. The van der Waals surface area contributed by atoms with Gasteiger partial charge in [-0.05, 0) is 19.9 Å². The third kappa shape index (κ3) is 4.28. The molecule has 94 valence electrons. The van der Waals surface area contributed by atoms with E-state index in [4.69, 9.17) is 14.3 Å². The highest BCUT2D eigenvalue weighted by Gasteiger charge is 2.12. The van der Waals surface area contributed by atoms with Crippen LogP contribution in [0.1, 0.15) is 21.9 Å². The fourth-order valence-corrected chi connectivity index (χ4v) is 1.35. The van der Waals surface area contributed by atoms with Crippen molar-refractivity contribution in [3.05, 3.63) is 23.2 Å². The minimum absolute atomic E-state index is 0.161. The highest BCUT2D eigenvalue weighted by atomic mass is 16.5. The Balaban J connectivity index is 2.30. The number of carboxylic acid groups (broad SMARTS) is 1. The zero-order valence-corrected chi connectivity index (χ0v) is 9.78. The number of carboxylic acids is 1. The van der Waals surface area contributed by atoms with Gasteiger partial charge in [-0.15, -0.1) is 0 Å². The Kier molecular flexibility index (Phi) is 4.71. The molecule has 2 N–H and O–H groups in total. The van der Waals surface area contributed by atoms with Gasteiger partial charge in [-0.2, -0.15) is 0 Å². The third-order valence-corrected chi connectivity index (χ3v) is 2.04. The standard InChI is InChI=1S/C11H15NO5/c1-7-5-9(8(2)17-7)11(15)12-3-4-16-6-10(13)14/h5H,3-4,6H2,1-2H3,(H,12,15)(H,13,14). The van der Waals surface area contributed by atoms with Crippen molar-refractivity contribution in [1.82, 2.24) is 5.32 Å². The van der Waals surface area contributed by atoms with Gasteiger partial charge in [0, 0.05) is 6.54 Å². The van der Waals surface area contributed by atoms with Crippen LogP contribution in [0.4, 0.5) is 0 Å². The lowest BCUT2D eigenvalue weighted by atomic mass is 10.2. The topological polar surface area (TPSA) is 88.8 Å². The first-order chi connectivity index (χ1) is 8.00. The largest absolute Gasteiger partial charge is 0.480 e. The molecule has 0 spiro atoms. The fraction of sp³-hybridized carbons (Fsp3) is 0.455. The van der Waals surface area contributed by atoms with Crippen molar-refractivity contribution in [1.29, 1.82) is 0 Å². The SMILES string of the molecule is Cc1cc(C(=O)NCCOCC(=O)O)c(C)o1. The van der Waals surface area contributed by atoms with Crippen molar-refractivity contribution in [2.24, 2.45) is 0 Å². The van der Waals surface area contributed by atoms with Crippen LogP contribution in [0.25, 0.3) is 0 Å². The van der Waals surface area contributed by atoms with Crippen molar-refractivity contribution in [2.45, 2.75) is 13.8 Å². The quantitative estimate of drug-likeness (QED) is 0.716. The summed E-state index contributed by atoms with van der Waals surface area (Å²) in [4.78, 5) is 21.8. The molecule has 0 bridgehead atoms. The summed E-state index contributed by atoms with van der Waals surface area (Å²) < 4.78 is 10.0. The number of hydrogen-bond donors (Lipinski definition) is 2. The number of nitrogens with one attached hydrogen (secondary N) is 1. The number of aliphatic carboxylic acids is 1. The van der Waals surface area contributed by atoms with Gasteiger partial charge in [0.25, 0.3) is 5.91 Å². The fourth-order valence-electron chi connectivity index (χ4n) is 1.35. The summed E-state index contributed by atoms with van der Waals surface area (Å²) in [5, 5.41) is 10.9. The molecule has 0 aromatic carbocycles. The predicted octanol–water partition coefficient (Wildman–Crippen LogP) is 0.727. The number of hydrogen-bond acceptors (Lipinski definition) is 4. The van der Waals surface area contributed by atoms with Crippen LogP contribution in [0.2, 0.25) is 0 Å². The third-order valence-electron chi connectivity index (χ3n) is 2.04. The number of rotatable bonds is 6. The van der Waals surface area contributed by atoms with Crippen LogP contribution in [-0.4, -0.2) is 36.7 Å². The van der Waals surface area contributed by atoms with Crippen molar-refractivity contribution < 1.29 is 23.8 Å². The number of amides is 1. The van der Waals surface area contributed by atoms with E-state index in [-0.39, 0.29) is 25.7 Å². The van der Waals surface area contributed by atoms with E-state index in [0.29, 0.717) is 17.1 Å². The van der Waals surface area contributed by atoms with Crippen molar-refractivity contribution in [3.63, 3.8) is 0 Å². The van der Waals surface area contributed by atoms with Crippen molar-refractivity contribution >= 4 is 11.9 Å². The van der Waals surface area contributed by atoms with Gasteiger partial charge in [0.2, 0.25) is 0 Å². The molecule has 17 heavy (non-hydrogen) atoms. The maximum atomic E-state index is 11.6. The molecule has 1 aromatic heterocycles. The summed E-state index contributed by atoms with van der Waals surface area (Å²) in [6.45, 7) is 3.53. The highest BCUT2D eigenvalue weighted by Crippen LogP contribution is 2.12. The average molecular weight is 241 g/mol. The molecule has 6 nitrogen and oxygen atoms in total. The molecule has 6 heteroatoms. The van der Waals surface area contributed by atoms with Gasteiger partial charge in [0.15, 0.2) is 0 Å². The van der Waals surface area contributed by atoms with Gasteiger partial charge < -0.3 is 19.6 Å². The maximum Gasteiger partial charge on any atom is 0.329 e. The summed E-state index contributed by atoms with van der Waals surface area (Å²) in [5.41, 5.74) is 0.487. The van der Waals surface area contributed by atoms with Crippen LogP contribution in [0.15, 0.2) is 10.5 Å². The second-order valence-electron chi connectivity index (χ2n) is 3.53.